The first-order valence-electron chi connectivity index (χ1n) is 4.84. The summed E-state index contributed by atoms with van der Waals surface area (Å²) in [5, 5.41) is 17.9. The van der Waals surface area contributed by atoms with Crippen molar-refractivity contribution < 1.29 is 23.9 Å². The highest BCUT2D eigenvalue weighted by molar-refractivity contribution is 6.33. The molecule has 0 aromatic heterocycles. The molecule has 0 saturated heterocycles. The number of hydrazine groups is 1. The number of amides is 1. The van der Waals surface area contributed by atoms with Crippen molar-refractivity contribution in [2.45, 2.75) is 6.92 Å². The molecule has 0 bridgehead atoms. The standard InChI is InChI=1S/C9H12BFN2O4/c1-2-13(12)9(14)7-4-3-6(5-8(7)11)17-10(15)16/h3-5,15-16H,2,12H2,1H3. The Morgan fingerprint density at radius 2 is 2.24 bits per heavy atom. The molecule has 0 heterocycles. The first-order chi connectivity index (χ1) is 7.95. The van der Waals surface area contributed by atoms with Crippen molar-refractivity contribution >= 4 is 13.2 Å². The molecule has 0 spiro atoms. The van der Waals surface area contributed by atoms with E-state index < -0.39 is 19.0 Å². The third-order valence-electron chi connectivity index (χ3n) is 2.01. The van der Waals surface area contributed by atoms with E-state index >= 15 is 0 Å². The molecule has 0 aliphatic heterocycles. The van der Waals surface area contributed by atoms with Crippen LogP contribution in [0.5, 0.6) is 5.75 Å². The molecule has 0 aliphatic carbocycles. The molecule has 6 nitrogen and oxygen atoms in total. The van der Waals surface area contributed by atoms with Crippen LogP contribution >= 0.6 is 0 Å². The van der Waals surface area contributed by atoms with Gasteiger partial charge in [0.1, 0.15) is 11.6 Å². The minimum Gasteiger partial charge on any atom is -0.512 e. The van der Waals surface area contributed by atoms with Crippen molar-refractivity contribution in [1.29, 1.82) is 0 Å². The average molecular weight is 242 g/mol. The zero-order chi connectivity index (χ0) is 13.0. The lowest BCUT2D eigenvalue weighted by atomic mass is 10.1. The minimum absolute atomic E-state index is 0.103. The highest BCUT2D eigenvalue weighted by Crippen LogP contribution is 2.17. The van der Waals surface area contributed by atoms with Crippen molar-refractivity contribution in [2.75, 3.05) is 6.54 Å². The van der Waals surface area contributed by atoms with Crippen molar-refractivity contribution in [2.24, 2.45) is 5.84 Å². The molecule has 1 aromatic carbocycles. The Balaban J connectivity index is 2.93. The van der Waals surface area contributed by atoms with E-state index in [0.717, 1.165) is 17.1 Å². The summed E-state index contributed by atoms with van der Waals surface area (Å²) in [7, 11) is -2.04. The number of hydrogen-bond donors (Lipinski definition) is 3. The molecule has 8 heteroatoms. The Morgan fingerprint density at radius 3 is 2.71 bits per heavy atom. The molecule has 1 rings (SSSR count). The summed E-state index contributed by atoms with van der Waals surface area (Å²) in [5.74, 6) is 3.72. The summed E-state index contributed by atoms with van der Waals surface area (Å²) in [6.07, 6.45) is 0. The molecule has 0 atom stereocenters. The first-order valence-corrected chi connectivity index (χ1v) is 4.84. The number of hydrogen-bond acceptors (Lipinski definition) is 5. The van der Waals surface area contributed by atoms with Crippen LogP contribution in [0.3, 0.4) is 0 Å². The van der Waals surface area contributed by atoms with Gasteiger partial charge >= 0.3 is 7.32 Å². The van der Waals surface area contributed by atoms with Crippen LogP contribution in [-0.2, 0) is 0 Å². The summed E-state index contributed by atoms with van der Waals surface area (Å²) in [4.78, 5) is 11.6. The normalized spacial score (nSPS) is 9.94. The average Bonchev–Trinajstić information content (AvgIpc) is 2.26. The Labute approximate surface area is 97.6 Å². The molecule has 0 unspecified atom stereocenters. The van der Waals surface area contributed by atoms with E-state index in [1.807, 2.05) is 0 Å². The maximum atomic E-state index is 13.5. The van der Waals surface area contributed by atoms with Crippen LogP contribution < -0.4 is 10.5 Å². The SMILES string of the molecule is CCN(N)C(=O)c1ccc(OB(O)O)cc1F. The van der Waals surface area contributed by atoms with E-state index in [1.54, 1.807) is 6.92 Å². The quantitative estimate of drug-likeness (QED) is 0.286. The Morgan fingerprint density at radius 1 is 1.59 bits per heavy atom. The molecule has 92 valence electrons. The van der Waals surface area contributed by atoms with E-state index in [-0.39, 0.29) is 17.9 Å². The molecule has 4 N–H and O–H groups in total. The van der Waals surface area contributed by atoms with Gasteiger partial charge in [0.05, 0.1) is 5.56 Å². The van der Waals surface area contributed by atoms with Crippen LogP contribution in [0.15, 0.2) is 18.2 Å². The van der Waals surface area contributed by atoms with Gasteiger partial charge < -0.3 is 14.7 Å². The smallest absolute Gasteiger partial charge is 0.512 e. The van der Waals surface area contributed by atoms with Gasteiger partial charge in [-0.05, 0) is 19.1 Å². The third kappa shape index (κ3) is 3.41. The van der Waals surface area contributed by atoms with E-state index in [4.69, 9.17) is 15.9 Å². The molecular weight excluding hydrogens is 230 g/mol. The summed E-state index contributed by atoms with van der Waals surface area (Å²) in [5.41, 5.74) is -0.214. The Hall–Kier alpha value is -1.64. The predicted octanol–water partition coefficient (Wildman–Crippen LogP) is -0.490. The predicted molar refractivity (Wildman–Crippen MR) is 58.1 cm³/mol. The van der Waals surface area contributed by atoms with E-state index in [1.165, 1.54) is 6.07 Å². The monoisotopic (exact) mass is 242 g/mol. The van der Waals surface area contributed by atoms with Gasteiger partial charge in [-0.25, -0.2) is 10.2 Å². The summed E-state index contributed by atoms with van der Waals surface area (Å²) in [6, 6.07) is 3.26. The summed E-state index contributed by atoms with van der Waals surface area (Å²) in [6.45, 7) is 1.89. The van der Waals surface area contributed by atoms with E-state index in [9.17, 15) is 9.18 Å². The highest BCUT2D eigenvalue weighted by Gasteiger charge is 2.18. The van der Waals surface area contributed by atoms with Gasteiger partial charge in [0.25, 0.3) is 5.91 Å². The van der Waals surface area contributed by atoms with Crippen LogP contribution in [-0.4, -0.2) is 34.8 Å². The summed E-state index contributed by atoms with van der Waals surface area (Å²) < 4.78 is 17.9. The number of nitrogens with two attached hydrogens (primary N) is 1. The van der Waals surface area contributed by atoms with Crippen molar-refractivity contribution in [3.8, 4) is 5.75 Å². The molecule has 1 aromatic rings. The molecular formula is C9H12BFN2O4. The summed E-state index contributed by atoms with van der Waals surface area (Å²) >= 11 is 0. The fourth-order valence-corrected chi connectivity index (χ4v) is 1.16. The number of carbonyl (C=O) groups excluding carboxylic acids is 1. The lowest BCUT2D eigenvalue weighted by molar-refractivity contribution is 0.0759. The zero-order valence-corrected chi connectivity index (χ0v) is 9.13. The van der Waals surface area contributed by atoms with Crippen molar-refractivity contribution in [3.05, 3.63) is 29.6 Å². The van der Waals surface area contributed by atoms with E-state index in [2.05, 4.69) is 4.65 Å². The van der Waals surface area contributed by atoms with Gasteiger partial charge in [0.15, 0.2) is 0 Å². The molecule has 0 radical (unpaired) electrons. The molecule has 0 fully saturated rings. The van der Waals surface area contributed by atoms with Crippen LogP contribution in [0.4, 0.5) is 4.39 Å². The maximum Gasteiger partial charge on any atom is 0.707 e. The second kappa shape index (κ2) is 5.62. The lowest BCUT2D eigenvalue weighted by Gasteiger charge is -2.14. The first kappa shape index (κ1) is 13.4. The van der Waals surface area contributed by atoms with Crippen LogP contribution in [0.25, 0.3) is 0 Å². The van der Waals surface area contributed by atoms with Crippen molar-refractivity contribution in [1.82, 2.24) is 5.01 Å². The van der Waals surface area contributed by atoms with Gasteiger partial charge in [-0.15, -0.1) is 0 Å². The van der Waals surface area contributed by atoms with E-state index in [0.29, 0.717) is 0 Å². The largest absolute Gasteiger partial charge is 0.707 e. The fourth-order valence-electron chi connectivity index (χ4n) is 1.16. The Bertz CT molecular complexity index is 416. The van der Waals surface area contributed by atoms with Crippen molar-refractivity contribution in [3.63, 3.8) is 0 Å². The van der Waals surface area contributed by atoms with Crippen LogP contribution in [0, 0.1) is 5.82 Å². The fraction of sp³-hybridized carbons (Fsp3) is 0.222. The Kier molecular flexibility index (Phi) is 4.44. The number of carbonyl (C=O) groups is 1. The maximum absolute atomic E-state index is 13.5. The molecule has 1 amide bonds. The lowest BCUT2D eigenvalue weighted by Crippen LogP contribution is -2.37. The second-order valence-corrected chi connectivity index (χ2v) is 3.18. The van der Waals surface area contributed by atoms with Gasteiger partial charge in [-0.1, -0.05) is 0 Å². The second-order valence-electron chi connectivity index (χ2n) is 3.18. The third-order valence-corrected chi connectivity index (χ3v) is 2.01. The van der Waals surface area contributed by atoms with Crippen LogP contribution in [0.2, 0.25) is 0 Å². The van der Waals surface area contributed by atoms with Gasteiger partial charge in [0.2, 0.25) is 0 Å². The highest BCUT2D eigenvalue weighted by atomic mass is 19.1. The number of nitrogens with zero attached hydrogens (tertiary/aromatic N) is 1. The minimum atomic E-state index is -2.04. The van der Waals surface area contributed by atoms with Crippen LogP contribution in [0.1, 0.15) is 17.3 Å². The number of benzene rings is 1. The molecule has 17 heavy (non-hydrogen) atoms. The number of halogens is 1. The van der Waals surface area contributed by atoms with Gasteiger partial charge in [-0.2, -0.15) is 0 Å². The number of rotatable bonds is 4. The van der Waals surface area contributed by atoms with Gasteiger partial charge in [-0.3, -0.25) is 9.80 Å². The molecule has 0 aliphatic rings. The zero-order valence-electron chi connectivity index (χ0n) is 9.13. The molecule has 0 saturated carbocycles. The topological polar surface area (TPSA) is 96.0 Å². The van der Waals surface area contributed by atoms with Gasteiger partial charge in [0, 0.05) is 12.6 Å².